The molecule has 1 aromatic heterocycles. The van der Waals surface area contributed by atoms with E-state index in [0.29, 0.717) is 20.7 Å². The molecule has 0 aromatic carbocycles. The topological polar surface area (TPSA) is 42.2 Å². The first-order valence-corrected chi connectivity index (χ1v) is 6.05. The van der Waals surface area contributed by atoms with Gasteiger partial charge in [0.25, 0.3) is 5.91 Å². The van der Waals surface area contributed by atoms with Gasteiger partial charge in [0, 0.05) is 6.08 Å². The number of carbonyl (C=O) groups is 1. The second kappa shape index (κ2) is 5.16. The van der Waals surface area contributed by atoms with Crippen LogP contribution < -0.4 is 5.32 Å². The van der Waals surface area contributed by atoms with Crippen molar-refractivity contribution >= 4 is 46.4 Å². The van der Waals surface area contributed by atoms with Crippen LogP contribution in [0, 0.1) is 0 Å². The van der Waals surface area contributed by atoms with Crippen molar-refractivity contribution in [2.45, 2.75) is 0 Å². The molecule has 0 radical (unpaired) electrons. The minimum absolute atomic E-state index is 0.181. The monoisotopic (exact) mass is 263 g/mol. The predicted molar refractivity (Wildman–Crippen MR) is 74.2 cm³/mol. The van der Waals surface area contributed by atoms with Gasteiger partial charge in [0.1, 0.15) is 15.8 Å². The van der Waals surface area contributed by atoms with Gasteiger partial charge in [-0.3, -0.25) is 4.79 Å². The molecule has 0 atom stereocenters. The summed E-state index contributed by atoms with van der Waals surface area (Å²) in [6.45, 7) is 3.57. The van der Waals surface area contributed by atoms with Crippen molar-refractivity contribution in [2.75, 3.05) is 0 Å². The van der Waals surface area contributed by atoms with Gasteiger partial charge in [0.05, 0.1) is 4.91 Å². The third-order valence-corrected chi connectivity index (χ3v) is 3.12. The van der Waals surface area contributed by atoms with E-state index in [1.54, 1.807) is 30.4 Å². The van der Waals surface area contributed by atoms with Crippen LogP contribution in [0.25, 0.3) is 12.2 Å². The summed E-state index contributed by atoms with van der Waals surface area (Å²) in [6, 6.07) is 3.62. The number of rotatable bonds is 3. The zero-order valence-corrected chi connectivity index (χ0v) is 10.4. The normalized spacial score (nSPS) is 18.0. The Hall–Kier alpha value is -1.59. The average molecular weight is 263 g/mol. The smallest absolute Gasteiger partial charge is 0.263 e. The SMILES string of the molecule is C=C/C=C/c1ccc(/C=C2/SC(=S)NC2=O)o1. The number of thioether (sulfide) groups is 1. The first-order valence-electron chi connectivity index (χ1n) is 4.83. The van der Waals surface area contributed by atoms with Crippen molar-refractivity contribution in [3.63, 3.8) is 0 Å². The molecular formula is C12H9NO2S2. The Bertz CT molecular complexity index is 540. The van der Waals surface area contributed by atoms with Gasteiger partial charge in [-0.1, -0.05) is 42.7 Å². The molecular weight excluding hydrogens is 254 g/mol. The highest BCUT2D eigenvalue weighted by atomic mass is 32.2. The molecule has 5 heteroatoms. The molecule has 0 saturated carbocycles. The van der Waals surface area contributed by atoms with Crippen LogP contribution >= 0.6 is 24.0 Å². The molecule has 1 saturated heterocycles. The van der Waals surface area contributed by atoms with Gasteiger partial charge in [-0.05, 0) is 18.2 Å². The van der Waals surface area contributed by atoms with Crippen LogP contribution in [0.15, 0.2) is 40.2 Å². The molecule has 1 N–H and O–H groups in total. The molecule has 1 aliphatic rings. The number of nitrogens with one attached hydrogen (secondary N) is 1. The van der Waals surface area contributed by atoms with Gasteiger partial charge in [0.15, 0.2) is 0 Å². The summed E-state index contributed by atoms with van der Waals surface area (Å²) in [4.78, 5) is 12.0. The molecule has 2 heterocycles. The van der Waals surface area contributed by atoms with Crippen molar-refractivity contribution in [1.82, 2.24) is 5.32 Å². The van der Waals surface area contributed by atoms with Crippen LogP contribution in [0.3, 0.4) is 0 Å². The van der Waals surface area contributed by atoms with Crippen molar-refractivity contribution in [1.29, 1.82) is 0 Å². The third-order valence-electron chi connectivity index (χ3n) is 1.96. The fraction of sp³-hybridized carbons (Fsp3) is 0. The molecule has 1 aliphatic heterocycles. The standard InChI is InChI=1S/C12H9NO2S2/c1-2-3-4-8-5-6-9(15-8)7-10-11(14)13-12(16)17-10/h2-7H,1H2,(H,13,14,16)/b4-3+,10-7+. The van der Waals surface area contributed by atoms with E-state index in [4.69, 9.17) is 16.6 Å². The second-order valence-electron chi connectivity index (χ2n) is 3.19. The molecule has 2 rings (SSSR count). The van der Waals surface area contributed by atoms with E-state index in [0.717, 1.165) is 0 Å². The van der Waals surface area contributed by atoms with E-state index in [9.17, 15) is 4.79 Å². The Kier molecular flexibility index (Phi) is 3.61. The highest BCUT2D eigenvalue weighted by Gasteiger charge is 2.22. The Morgan fingerprint density at radius 2 is 2.18 bits per heavy atom. The fourth-order valence-corrected chi connectivity index (χ4v) is 2.27. The summed E-state index contributed by atoms with van der Waals surface area (Å²) in [7, 11) is 0. The number of thiocarbonyl (C=S) groups is 1. The molecule has 86 valence electrons. The molecule has 0 spiro atoms. The van der Waals surface area contributed by atoms with Crippen molar-refractivity contribution in [3.8, 4) is 0 Å². The number of hydrogen-bond acceptors (Lipinski definition) is 4. The molecule has 1 amide bonds. The van der Waals surface area contributed by atoms with E-state index in [-0.39, 0.29) is 5.91 Å². The van der Waals surface area contributed by atoms with Gasteiger partial charge in [-0.2, -0.15) is 0 Å². The number of allylic oxidation sites excluding steroid dienone is 2. The fourth-order valence-electron chi connectivity index (χ4n) is 1.25. The van der Waals surface area contributed by atoms with Crippen LogP contribution in [-0.4, -0.2) is 10.2 Å². The summed E-state index contributed by atoms with van der Waals surface area (Å²) in [6.07, 6.45) is 6.91. The van der Waals surface area contributed by atoms with Gasteiger partial charge < -0.3 is 9.73 Å². The van der Waals surface area contributed by atoms with Gasteiger partial charge in [0.2, 0.25) is 0 Å². The van der Waals surface area contributed by atoms with Gasteiger partial charge in [-0.25, -0.2) is 0 Å². The summed E-state index contributed by atoms with van der Waals surface area (Å²) in [5.41, 5.74) is 0. The number of amides is 1. The summed E-state index contributed by atoms with van der Waals surface area (Å²) in [5, 5.41) is 2.55. The highest BCUT2D eigenvalue weighted by Crippen LogP contribution is 2.26. The lowest BCUT2D eigenvalue weighted by Crippen LogP contribution is -2.17. The molecule has 3 nitrogen and oxygen atoms in total. The number of furan rings is 1. The summed E-state index contributed by atoms with van der Waals surface area (Å²) >= 11 is 6.12. The Morgan fingerprint density at radius 1 is 1.41 bits per heavy atom. The molecule has 17 heavy (non-hydrogen) atoms. The van der Waals surface area contributed by atoms with Gasteiger partial charge in [-0.15, -0.1) is 0 Å². The number of hydrogen-bond donors (Lipinski definition) is 1. The maximum absolute atomic E-state index is 11.4. The zero-order valence-electron chi connectivity index (χ0n) is 8.80. The van der Waals surface area contributed by atoms with E-state index in [1.165, 1.54) is 11.8 Å². The quantitative estimate of drug-likeness (QED) is 0.517. The number of carbonyl (C=O) groups excluding carboxylic acids is 1. The van der Waals surface area contributed by atoms with E-state index in [2.05, 4.69) is 11.9 Å². The summed E-state index contributed by atoms with van der Waals surface area (Å²) in [5.74, 6) is 1.15. The maximum atomic E-state index is 11.4. The van der Waals surface area contributed by atoms with Crippen LogP contribution in [0.5, 0.6) is 0 Å². The first kappa shape index (κ1) is 11.9. The lowest BCUT2D eigenvalue weighted by molar-refractivity contribution is -0.115. The predicted octanol–water partition coefficient (Wildman–Crippen LogP) is 2.97. The lowest BCUT2D eigenvalue weighted by atomic mass is 10.3. The van der Waals surface area contributed by atoms with Crippen LogP contribution in [0.2, 0.25) is 0 Å². The third kappa shape index (κ3) is 2.95. The molecule has 0 bridgehead atoms. The van der Waals surface area contributed by atoms with Crippen LogP contribution in [0.1, 0.15) is 11.5 Å². The second-order valence-corrected chi connectivity index (χ2v) is 4.91. The van der Waals surface area contributed by atoms with Crippen molar-refractivity contribution in [2.24, 2.45) is 0 Å². The molecule has 1 fully saturated rings. The molecule has 0 aliphatic carbocycles. The van der Waals surface area contributed by atoms with Gasteiger partial charge >= 0.3 is 0 Å². The minimum Gasteiger partial charge on any atom is -0.457 e. The molecule has 0 unspecified atom stereocenters. The van der Waals surface area contributed by atoms with Crippen molar-refractivity contribution in [3.05, 3.63) is 47.3 Å². The van der Waals surface area contributed by atoms with Crippen molar-refractivity contribution < 1.29 is 9.21 Å². The average Bonchev–Trinajstić information content (AvgIpc) is 2.84. The highest BCUT2D eigenvalue weighted by molar-refractivity contribution is 8.26. The van der Waals surface area contributed by atoms with Crippen LogP contribution in [-0.2, 0) is 4.79 Å². The largest absolute Gasteiger partial charge is 0.457 e. The summed E-state index contributed by atoms with van der Waals surface area (Å²) < 4.78 is 5.96. The molecule has 1 aromatic rings. The lowest BCUT2D eigenvalue weighted by Gasteiger charge is -1.89. The maximum Gasteiger partial charge on any atom is 0.263 e. The van der Waals surface area contributed by atoms with E-state index < -0.39 is 0 Å². The Morgan fingerprint density at radius 3 is 2.82 bits per heavy atom. The van der Waals surface area contributed by atoms with E-state index >= 15 is 0 Å². The zero-order chi connectivity index (χ0) is 12.3. The Labute approximate surface area is 108 Å². The van der Waals surface area contributed by atoms with Crippen LogP contribution in [0.4, 0.5) is 0 Å². The Balaban J connectivity index is 2.19. The minimum atomic E-state index is -0.181. The first-order chi connectivity index (χ1) is 8.19. The van der Waals surface area contributed by atoms with E-state index in [1.807, 2.05) is 6.07 Å².